The fourth-order valence-corrected chi connectivity index (χ4v) is 4.68. The molecule has 6 heteroatoms. The van der Waals surface area contributed by atoms with Crippen LogP contribution in [-0.2, 0) is 0 Å². The zero-order chi connectivity index (χ0) is 30.1. The van der Waals surface area contributed by atoms with E-state index in [2.05, 4.69) is 66.3 Å². The maximum atomic E-state index is 4.65. The van der Waals surface area contributed by atoms with Gasteiger partial charge in [-0.3, -0.25) is 0 Å². The molecule has 0 aliphatic rings. The van der Waals surface area contributed by atoms with E-state index in [4.69, 9.17) is 0 Å². The molecule has 0 N–H and O–H groups in total. The van der Waals surface area contributed by atoms with Crippen molar-refractivity contribution < 1.29 is 0 Å². The Morgan fingerprint density at radius 3 is 0.795 bits per heavy atom. The van der Waals surface area contributed by atoms with Gasteiger partial charge in [-0.1, -0.05) is 146 Å². The molecule has 0 fully saturated rings. The lowest BCUT2D eigenvalue weighted by molar-refractivity contribution is 0.991. The largest absolute Gasteiger partial charge is 0.213 e. The van der Waals surface area contributed by atoms with E-state index >= 15 is 0 Å². The molecule has 0 unspecified atom stereocenters. The number of hydrogen-bond donors (Lipinski definition) is 0. The molecule has 0 radical (unpaired) electrons. The van der Waals surface area contributed by atoms with Gasteiger partial charge in [0, 0.05) is 22.3 Å². The lowest BCUT2D eigenvalue weighted by atomic mass is 10.0. The van der Waals surface area contributed by atoms with Gasteiger partial charge in [-0.25, -0.2) is 29.9 Å². The van der Waals surface area contributed by atoms with Crippen molar-refractivity contribution >= 4 is 0 Å². The van der Waals surface area contributed by atoms with Gasteiger partial charge in [-0.15, -0.1) is 0 Å². The molecule has 0 bridgehead atoms. The van der Waals surface area contributed by atoms with E-state index in [1.54, 1.807) is 0 Å². The summed E-state index contributed by atoms with van der Waals surface area (Å²) < 4.78 is 0. The van der Waals surface area contributed by atoms with Crippen LogP contribution in [0.3, 0.4) is 0 Å². The first-order valence-electron chi connectivity index (χ1n) is 14.4. The van der Waals surface area contributed by atoms with Crippen LogP contribution in [0.2, 0.25) is 0 Å². The van der Waals surface area contributed by atoms with Crippen LogP contribution in [0.5, 0.6) is 0 Å². The van der Waals surface area contributed by atoms with Gasteiger partial charge in [-0.2, -0.15) is 0 Å². The molecule has 0 aliphatic heterocycles. The van der Waals surface area contributed by atoms with Crippen molar-refractivity contribution in [1.29, 1.82) is 0 Å². The molecule has 0 saturated carbocycles. The maximum absolute atomic E-state index is 4.65. The number of aromatic nitrogens is 6. The van der Waals surface area contributed by atoms with E-state index in [0.29, 0.717) is 23.3 Å². The predicted molar refractivity (Wildman–Crippen MR) is 176 cm³/mol. The molecular formula is C38H30N6. The first-order valence-corrected chi connectivity index (χ1v) is 14.4. The minimum absolute atomic E-state index is 0.700. The third-order valence-electron chi connectivity index (χ3n) is 6.84. The second kappa shape index (κ2) is 13.4. The van der Waals surface area contributed by atoms with Crippen molar-refractivity contribution in [3.8, 4) is 56.7 Å². The maximum Gasteiger partial charge on any atom is 0.163 e. The lowest BCUT2D eigenvalue weighted by Crippen LogP contribution is -1.99. The van der Waals surface area contributed by atoms with Crippen molar-refractivity contribution in [3.63, 3.8) is 0 Å². The highest BCUT2D eigenvalue weighted by molar-refractivity contribution is 5.68. The highest BCUT2D eigenvalue weighted by atomic mass is 15.0. The molecular weight excluding hydrogens is 540 g/mol. The molecule has 0 amide bonds. The van der Waals surface area contributed by atoms with Crippen LogP contribution < -0.4 is 0 Å². The molecule has 0 spiro atoms. The molecule has 5 aromatic carbocycles. The summed E-state index contributed by atoms with van der Waals surface area (Å²) in [6.07, 6.45) is 0. The third-order valence-corrected chi connectivity index (χ3v) is 6.84. The molecule has 2 aromatic heterocycles. The molecule has 44 heavy (non-hydrogen) atoms. The van der Waals surface area contributed by atoms with Gasteiger partial charge >= 0.3 is 0 Å². The summed E-state index contributed by atoms with van der Waals surface area (Å²) in [7, 11) is 0. The second-order valence-electron chi connectivity index (χ2n) is 10.1. The van der Waals surface area contributed by atoms with Crippen LogP contribution in [0.1, 0.15) is 11.6 Å². The van der Waals surface area contributed by atoms with E-state index in [9.17, 15) is 0 Å². The monoisotopic (exact) mass is 570 g/mol. The van der Waals surface area contributed by atoms with Crippen LogP contribution >= 0.6 is 0 Å². The lowest BCUT2D eigenvalue weighted by Gasteiger charge is -2.07. The minimum Gasteiger partial charge on any atom is -0.213 e. The summed E-state index contributed by atoms with van der Waals surface area (Å²) in [5, 5.41) is 0. The molecule has 7 rings (SSSR count). The number of nitrogens with zero attached hydrogens (tertiary/aromatic N) is 6. The van der Waals surface area contributed by atoms with E-state index in [-0.39, 0.29) is 0 Å². The van der Waals surface area contributed by atoms with Crippen LogP contribution in [0.15, 0.2) is 146 Å². The van der Waals surface area contributed by atoms with Crippen LogP contribution in [0, 0.1) is 13.8 Å². The van der Waals surface area contributed by atoms with Gasteiger partial charge in [0.2, 0.25) is 0 Å². The first-order chi connectivity index (χ1) is 21.6. The van der Waals surface area contributed by atoms with Crippen molar-refractivity contribution in [2.45, 2.75) is 13.8 Å². The van der Waals surface area contributed by atoms with Gasteiger partial charge < -0.3 is 0 Å². The quantitative estimate of drug-likeness (QED) is 0.206. The Labute approximate surface area is 257 Å². The Morgan fingerprint density at radius 2 is 0.477 bits per heavy atom. The zero-order valence-electron chi connectivity index (χ0n) is 24.5. The van der Waals surface area contributed by atoms with E-state index in [1.165, 1.54) is 11.1 Å². The molecule has 7 aromatic rings. The fourth-order valence-electron chi connectivity index (χ4n) is 4.68. The number of benzene rings is 5. The molecule has 0 aliphatic carbocycles. The van der Waals surface area contributed by atoms with Gasteiger partial charge in [0.25, 0.3) is 0 Å². The topological polar surface area (TPSA) is 77.3 Å². The summed E-state index contributed by atoms with van der Waals surface area (Å²) in [4.78, 5) is 27.0. The fraction of sp³-hybridized carbons (Fsp3) is 0.0526. The first kappa shape index (κ1) is 28.2. The molecule has 0 atom stereocenters. The Balaban J connectivity index is 0.000000162. The summed E-state index contributed by atoms with van der Waals surface area (Å²) >= 11 is 0. The van der Waals surface area contributed by atoms with E-state index in [1.807, 2.05) is 123 Å². The number of hydrogen-bond acceptors (Lipinski definition) is 6. The van der Waals surface area contributed by atoms with Crippen LogP contribution in [0.25, 0.3) is 56.7 Å². The van der Waals surface area contributed by atoms with Crippen LogP contribution in [0.4, 0.5) is 0 Å². The Morgan fingerprint density at radius 1 is 0.250 bits per heavy atom. The predicted octanol–water partition coefficient (Wildman–Crippen LogP) is 8.70. The zero-order valence-corrected chi connectivity index (χ0v) is 24.5. The second-order valence-corrected chi connectivity index (χ2v) is 10.1. The Hall–Kier alpha value is -5.88. The standard InChI is InChI=1S/C22H17N3.C16H13N3/c1-16-23-21(19-10-6-3-7-11-19)25-22(24-16)20-14-12-18(13-15-20)17-8-4-2-5-9-17;1-12-17-15(13-8-4-2-5-9-13)19-16(18-12)14-10-6-3-7-11-14/h2-15H,1H3;2-11H,1H3. The SMILES string of the molecule is Cc1nc(-c2ccccc2)nc(-c2ccc(-c3ccccc3)cc2)n1.Cc1nc(-c2ccccc2)nc(-c2ccccc2)n1. The van der Waals surface area contributed by atoms with E-state index in [0.717, 1.165) is 33.9 Å². The van der Waals surface area contributed by atoms with Crippen LogP contribution in [-0.4, -0.2) is 29.9 Å². The number of rotatable bonds is 5. The van der Waals surface area contributed by atoms with Gasteiger partial charge in [0.15, 0.2) is 23.3 Å². The van der Waals surface area contributed by atoms with E-state index < -0.39 is 0 Å². The third kappa shape index (κ3) is 6.94. The highest BCUT2D eigenvalue weighted by Crippen LogP contribution is 2.25. The average molecular weight is 571 g/mol. The van der Waals surface area contributed by atoms with Crippen molar-refractivity contribution in [2.24, 2.45) is 0 Å². The summed E-state index contributed by atoms with van der Waals surface area (Å²) in [6.45, 7) is 3.79. The smallest absolute Gasteiger partial charge is 0.163 e. The van der Waals surface area contributed by atoms with Crippen molar-refractivity contribution in [2.75, 3.05) is 0 Å². The summed E-state index contributed by atoms with van der Waals surface area (Å²) in [5.74, 6) is 4.28. The van der Waals surface area contributed by atoms with Crippen molar-refractivity contribution in [1.82, 2.24) is 29.9 Å². The average Bonchev–Trinajstić information content (AvgIpc) is 3.10. The van der Waals surface area contributed by atoms with Gasteiger partial charge in [0.05, 0.1) is 0 Å². The van der Waals surface area contributed by atoms with Gasteiger partial charge in [-0.05, 0) is 25.0 Å². The molecule has 212 valence electrons. The summed E-state index contributed by atoms with van der Waals surface area (Å²) in [5.41, 5.74) is 6.37. The Bertz CT molecular complexity index is 1890. The van der Waals surface area contributed by atoms with Gasteiger partial charge in [0.1, 0.15) is 11.6 Å². The molecule has 2 heterocycles. The van der Waals surface area contributed by atoms with Crippen molar-refractivity contribution in [3.05, 3.63) is 157 Å². The minimum atomic E-state index is 0.700. The Kier molecular flexibility index (Phi) is 8.60. The molecule has 0 saturated heterocycles. The molecule has 6 nitrogen and oxygen atoms in total. The number of aryl methyl sites for hydroxylation is 2. The highest BCUT2D eigenvalue weighted by Gasteiger charge is 2.09. The normalized spacial score (nSPS) is 10.5. The summed E-state index contributed by atoms with van der Waals surface area (Å²) in [6, 6.07) is 48.6.